The van der Waals surface area contributed by atoms with Gasteiger partial charge in [0.1, 0.15) is 4.88 Å². The standard InChI is InChI=1S/C21H27BrO2S2/c1-6-24-20(23)18-8-7-16(26-18)9-10-21(4,5)13-25-17-11-14(2)19(22)15(3)12-17/h7-8,11-12H,6,9-10,13H2,1-5H3. The van der Waals surface area contributed by atoms with Crippen LogP contribution in [0.3, 0.4) is 0 Å². The molecular formula is C21H27BrO2S2. The van der Waals surface area contributed by atoms with E-state index in [1.807, 2.05) is 24.8 Å². The van der Waals surface area contributed by atoms with Crippen molar-refractivity contribution in [1.29, 1.82) is 0 Å². The molecule has 2 nitrogen and oxygen atoms in total. The van der Waals surface area contributed by atoms with E-state index in [1.54, 1.807) is 11.3 Å². The molecule has 0 unspecified atom stereocenters. The molecule has 0 saturated heterocycles. The Bertz CT molecular complexity index is 742. The maximum absolute atomic E-state index is 11.8. The number of hydrogen-bond donors (Lipinski definition) is 0. The van der Waals surface area contributed by atoms with Gasteiger partial charge in [0.15, 0.2) is 0 Å². The highest BCUT2D eigenvalue weighted by Gasteiger charge is 2.20. The van der Waals surface area contributed by atoms with Crippen molar-refractivity contribution in [3.8, 4) is 0 Å². The van der Waals surface area contributed by atoms with Crippen LogP contribution in [0.15, 0.2) is 33.6 Å². The number of benzene rings is 1. The lowest BCUT2D eigenvalue weighted by Crippen LogP contribution is -2.15. The van der Waals surface area contributed by atoms with E-state index < -0.39 is 0 Å². The van der Waals surface area contributed by atoms with E-state index in [4.69, 9.17) is 4.74 Å². The zero-order valence-corrected chi connectivity index (χ0v) is 19.4. The quantitative estimate of drug-likeness (QED) is 0.315. The molecule has 1 aromatic carbocycles. The molecule has 0 N–H and O–H groups in total. The molecule has 5 heteroatoms. The molecule has 0 spiro atoms. The van der Waals surface area contributed by atoms with Crippen LogP contribution in [-0.4, -0.2) is 18.3 Å². The molecule has 1 aromatic heterocycles. The Hall–Kier alpha value is -0.780. The number of aryl methyl sites for hydroxylation is 3. The molecule has 0 fully saturated rings. The molecule has 0 atom stereocenters. The van der Waals surface area contributed by atoms with E-state index in [9.17, 15) is 4.79 Å². The first-order chi connectivity index (χ1) is 12.2. The van der Waals surface area contributed by atoms with Gasteiger partial charge >= 0.3 is 5.97 Å². The van der Waals surface area contributed by atoms with Gasteiger partial charge in [0.2, 0.25) is 0 Å². The van der Waals surface area contributed by atoms with Gasteiger partial charge in [-0.1, -0.05) is 29.8 Å². The Morgan fingerprint density at radius 3 is 2.50 bits per heavy atom. The Kier molecular flexibility index (Phi) is 7.80. The van der Waals surface area contributed by atoms with Gasteiger partial charge < -0.3 is 4.74 Å². The first-order valence-electron chi connectivity index (χ1n) is 8.87. The molecule has 0 radical (unpaired) electrons. The normalized spacial score (nSPS) is 11.6. The van der Waals surface area contributed by atoms with Gasteiger partial charge in [-0.25, -0.2) is 4.79 Å². The highest BCUT2D eigenvalue weighted by molar-refractivity contribution is 9.10. The summed E-state index contributed by atoms with van der Waals surface area (Å²) in [6, 6.07) is 8.44. The molecule has 0 saturated carbocycles. The molecule has 0 amide bonds. The fraction of sp³-hybridized carbons (Fsp3) is 0.476. The van der Waals surface area contributed by atoms with Crippen molar-refractivity contribution in [2.75, 3.05) is 12.4 Å². The fourth-order valence-corrected chi connectivity index (χ4v) is 4.98. The van der Waals surface area contributed by atoms with Crippen LogP contribution in [0.5, 0.6) is 0 Å². The second-order valence-electron chi connectivity index (χ2n) is 7.31. The minimum atomic E-state index is -0.209. The van der Waals surface area contributed by atoms with Gasteiger partial charge in [-0.05, 0) is 74.4 Å². The first kappa shape index (κ1) is 21.5. The van der Waals surface area contributed by atoms with Crippen LogP contribution < -0.4 is 0 Å². The lowest BCUT2D eigenvalue weighted by Gasteiger charge is -2.24. The molecule has 2 aromatic rings. The maximum Gasteiger partial charge on any atom is 0.348 e. The summed E-state index contributed by atoms with van der Waals surface area (Å²) in [6.07, 6.45) is 2.09. The summed E-state index contributed by atoms with van der Waals surface area (Å²) in [7, 11) is 0. The number of carbonyl (C=O) groups is 1. The van der Waals surface area contributed by atoms with Crippen LogP contribution >= 0.6 is 39.0 Å². The smallest absolute Gasteiger partial charge is 0.348 e. The molecule has 0 aliphatic rings. The van der Waals surface area contributed by atoms with Gasteiger partial charge in [0.25, 0.3) is 0 Å². The number of rotatable bonds is 8. The average molecular weight is 455 g/mol. The van der Waals surface area contributed by atoms with E-state index >= 15 is 0 Å². The van der Waals surface area contributed by atoms with Crippen LogP contribution in [0.1, 0.15) is 52.9 Å². The Morgan fingerprint density at radius 1 is 1.23 bits per heavy atom. The number of carbonyl (C=O) groups excluding carboxylic acids is 1. The fourth-order valence-electron chi connectivity index (χ4n) is 2.63. The number of thiophene rings is 1. The highest BCUT2D eigenvalue weighted by Crippen LogP contribution is 2.34. The predicted octanol–water partition coefficient (Wildman–Crippen LogP) is 7.06. The van der Waals surface area contributed by atoms with Gasteiger partial charge in [-0.2, -0.15) is 0 Å². The minimum absolute atomic E-state index is 0.209. The van der Waals surface area contributed by atoms with Crippen LogP contribution in [-0.2, 0) is 11.2 Å². The Balaban J connectivity index is 1.90. The van der Waals surface area contributed by atoms with Crippen molar-refractivity contribution in [2.45, 2.75) is 52.4 Å². The number of hydrogen-bond acceptors (Lipinski definition) is 4. The van der Waals surface area contributed by atoms with Crippen molar-refractivity contribution in [1.82, 2.24) is 0 Å². The van der Waals surface area contributed by atoms with E-state index in [-0.39, 0.29) is 11.4 Å². The SMILES string of the molecule is CCOC(=O)c1ccc(CCC(C)(C)CSc2cc(C)c(Br)c(C)c2)s1. The summed E-state index contributed by atoms with van der Waals surface area (Å²) in [5.41, 5.74) is 2.80. The third-order valence-corrected chi connectivity index (χ3v) is 8.10. The minimum Gasteiger partial charge on any atom is -0.462 e. The number of halogens is 1. The molecule has 0 aliphatic heterocycles. The van der Waals surface area contributed by atoms with Gasteiger partial charge in [-0.15, -0.1) is 23.1 Å². The summed E-state index contributed by atoms with van der Waals surface area (Å²) < 4.78 is 6.27. The predicted molar refractivity (Wildman–Crippen MR) is 117 cm³/mol. The largest absolute Gasteiger partial charge is 0.462 e. The van der Waals surface area contributed by atoms with E-state index in [1.165, 1.54) is 25.4 Å². The van der Waals surface area contributed by atoms with Crippen molar-refractivity contribution in [3.63, 3.8) is 0 Å². The van der Waals surface area contributed by atoms with Crippen LogP contribution in [0, 0.1) is 19.3 Å². The lowest BCUT2D eigenvalue weighted by molar-refractivity contribution is 0.0532. The molecule has 2 rings (SSSR count). The van der Waals surface area contributed by atoms with Crippen LogP contribution in [0.4, 0.5) is 0 Å². The van der Waals surface area contributed by atoms with Crippen LogP contribution in [0.2, 0.25) is 0 Å². The van der Waals surface area contributed by atoms with Gasteiger partial charge in [0, 0.05) is 20.0 Å². The second-order valence-corrected chi connectivity index (χ2v) is 10.3. The zero-order valence-electron chi connectivity index (χ0n) is 16.1. The summed E-state index contributed by atoms with van der Waals surface area (Å²) in [5, 5.41) is 0. The highest BCUT2D eigenvalue weighted by atomic mass is 79.9. The second kappa shape index (κ2) is 9.43. The van der Waals surface area contributed by atoms with Crippen molar-refractivity contribution >= 4 is 45.0 Å². The van der Waals surface area contributed by atoms with E-state index in [0.717, 1.165) is 18.6 Å². The van der Waals surface area contributed by atoms with E-state index in [0.29, 0.717) is 11.5 Å². The zero-order chi connectivity index (χ0) is 19.3. The van der Waals surface area contributed by atoms with Gasteiger partial charge in [-0.3, -0.25) is 0 Å². The summed E-state index contributed by atoms with van der Waals surface area (Å²) in [4.78, 5) is 15.1. The maximum atomic E-state index is 11.8. The first-order valence-corrected chi connectivity index (χ1v) is 11.5. The van der Waals surface area contributed by atoms with E-state index in [2.05, 4.69) is 61.8 Å². The molecule has 0 aliphatic carbocycles. The summed E-state index contributed by atoms with van der Waals surface area (Å²) in [5.74, 6) is 0.864. The van der Waals surface area contributed by atoms with Crippen molar-refractivity contribution in [2.24, 2.45) is 5.41 Å². The Labute approximate surface area is 173 Å². The summed E-state index contributed by atoms with van der Waals surface area (Å²) in [6.45, 7) is 11.2. The average Bonchev–Trinajstić information content (AvgIpc) is 3.05. The van der Waals surface area contributed by atoms with Crippen molar-refractivity contribution < 1.29 is 9.53 Å². The molecular weight excluding hydrogens is 428 g/mol. The molecule has 1 heterocycles. The summed E-state index contributed by atoms with van der Waals surface area (Å²) >= 11 is 7.12. The molecule has 0 bridgehead atoms. The monoisotopic (exact) mass is 454 g/mol. The lowest BCUT2D eigenvalue weighted by atomic mass is 9.90. The Morgan fingerprint density at radius 2 is 1.88 bits per heavy atom. The number of thioether (sulfide) groups is 1. The third-order valence-electron chi connectivity index (χ3n) is 4.23. The third kappa shape index (κ3) is 6.14. The van der Waals surface area contributed by atoms with Crippen LogP contribution in [0.25, 0.3) is 0 Å². The molecule has 142 valence electrons. The molecule has 26 heavy (non-hydrogen) atoms. The number of esters is 1. The topological polar surface area (TPSA) is 26.3 Å². The number of ether oxygens (including phenoxy) is 1. The van der Waals surface area contributed by atoms with Crippen molar-refractivity contribution in [3.05, 3.63) is 49.6 Å². The van der Waals surface area contributed by atoms with Gasteiger partial charge in [0.05, 0.1) is 6.61 Å².